The second-order valence-electron chi connectivity index (χ2n) is 5.86. The molecule has 0 aromatic rings. The monoisotopic (exact) mass is 238 g/mol. The SMILES string of the molecule is O=C(C1CC2CCC1N2)N1CCCC(CO)C1. The Hall–Kier alpha value is -0.610. The molecule has 0 saturated carbocycles. The molecule has 4 unspecified atom stereocenters. The van der Waals surface area contributed by atoms with E-state index in [0.717, 1.165) is 32.4 Å². The van der Waals surface area contributed by atoms with Crippen molar-refractivity contribution >= 4 is 5.91 Å². The predicted octanol–water partition coefficient (Wildman–Crippen LogP) is 0.358. The van der Waals surface area contributed by atoms with Crippen LogP contribution in [0.5, 0.6) is 0 Å². The van der Waals surface area contributed by atoms with Crippen molar-refractivity contribution in [2.75, 3.05) is 19.7 Å². The molecule has 96 valence electrons. The summed E-state index contributed by atoms with van der Waals surface area (Å²) < 4.78 is 0. The van der Waals surface area contributed by atoms with Gasteiger partial charge in [-0.2, -0.15) is 0 Å². The summed E-state index contributed by atoms with van der Waals surface area (Å²) in [7, 11) is 0. The van der Waals surface area contributed by atoms with Crippen LogP contribution in [0.25, 0.3) is 0 Å². The molecule has 4 nitrogen and oxygen atoms in total. The van der Waals surface area contributed by atoms with E-state index in [4.69, 9.17) is 0 Å². The van der Waals surface area contributed by atoms with Crippen LogP contribution < -0.4 is 5.32 Å². The van der Waals surface area contributed by atoms with Gasteiger partial charge in [0, 0.05) is 31.8 Å². The Morgan fingerprint density at radius 2 is 2.24 bits per heavy atom. The molecule has 3 rings (SSSR count). The van der Waals surface area contributed by atoms with E-state index < -0.39 is 0 Å². The highest BCUT2D eigenvalue weighted by atomic mass is 16.3. The molecule has 0 aliphatic carbocycles. The molecular formula is C13H22N2O2. The van der Waals surface area contributed by atoms with E-state index >= 15 is 0 Å². The molecule has 3 aliphatic heterocycles. The number of piperidine rings is 1. The number of carbonyl (C=O) groups is 1. The van der Waals surface area contributed by atoms with Crippen molar-refractivity contribution in [3.05, 3.63) is 0 Å². The van der Waals surface area contributed by atoms with E-state index in [-0.39, 0.29) is 12.5 Å². The summed E-state index contributed by atoms with van der Waals surface area (Å²) in [5.74, 6) is 0.855. The van der Waals surface area contributed by atoms with Crippen molar-refractivity contribution in [1.29, 1.82) is 0 Å². The van der Waals surface area contributed by atoms with Gasteiger partial charge in [0.05, 0.1) is 5.92 Å². The van der Waals surface area contributed by atoms with E-state index in [1.54, 1.807) is 0 Å². The smallest absolute Gasteiger partial charge is 0.227 e. The molecular weight excluding hydrogens is 216 g/mol. The van der Waals surface area contributed by atoms with Gasteiger partial charge < -0.3 is 15.3 Å². The Bertz CT molecular complexity index is 308. The van der Waals surface area contributed by atoms with Crippen LogP contribution in [0.15, 0.2) is 0 Å². The van der Waals surface area contributed by atoms with Crippen molar-refractivity contribution in [1.82, 2.24) is 10.2 Å². The number of rotatable bonds is 2. The summed E-state index contributed by atoms with van der Waals surface area (Å²) in [6, 6.07) is 1.02. The minimum atomic E-state index is 0.214. The summed E-state index contributed by atoms with van der Waals surface area (Å²) in [5.41, 5.74) is 0. The lowest BCUT2D eigenvalue weighted by Crippen LogP contribution is -2.46. The van der Waals surface area contributed by atoms with E-state index in [2.05, 4.69) is 5.32 Å². The van der Waals surface area contributed by atoms with E-state index in [1.165, 1.54) is 12.8 Å². The number of likely N-dealkylation sites (tertiary alicyclic amines) is 1. The number of amides is 1. The molecule has 3 heterocycles. The van der Waals surface area contributed by atoms with E-state index in [0.29, 0.717) is 23.9 Å². The maximum atomic E-state index is 12.5. The van der Waals surface area contributed by atoms with Gasteiger partial charge in [-0.3, -0.25) is 4.79 Å². The number of carbonyl (C=O) groups excluding carboxylic acids is 1. The fourth-order valence-corrected chi connectivity index (χ4v) is 3.75. The third-order valence-corrected chi connectivity index (χ3v) is 4.71. The van der Waals surface area contributed by atoms with Gasteiger partial charge in [0.25, 0.3) is 0 Å². The van der Waals surface area contributed by atoms with Crippen molar-refractivity contribution in [2.45, 2.75) is 44.2 Å². The molecule has 0 aromatic carbocycles. The van der Waals surface area contributed by atoms with Gasteiger partial charge in [-0.1, -0.05) is 0 Å². The minimum Gasteiger partial charge on any atom is -0.396 e. The first-order valence-corrected chi connectivity index (χ1v) is 6.93. The second kappa shape index (κ2) is 4.58. The first kappa shape index (κ1) is 11.5. The zero-order chi connectivity index (χ0) is 11.8. The van der Waals surface area contributed by atoms with Crippen LogP contribution >= 0.6 is 0 Å². The normalized spacial score (nSPS) is 40.9. The van der Waals surface area contributed by atoms with Crippen LogP contribution in [-0.2, 0) is 4.79 Å². The molecule has 4 atom stereocenters. The van der Waals surface area contributed by atoms with Crippen LogP contribution in [0.2, 0.25) is 0 Å². The lowest BCUT2D eigenvalue weighted by molar-refractivity contribution is -0.138. The first-order valence-electron chi connectivity index (χ1n) is 6.93. The highest BCUT2D eigenvalue weighted by Crippen LogP contribution is 2.35. The van der Waals surface area contributed by atoms with Gasteiger partial charge in [0.1, 0.15) is 0 Å². The topological polar surface area (TPSA) is 52.6 Å². The van der Waals surface area contributed by atoms with Gasteiger partial charge in [0.2, 0.25) is 5.91 Å². The van der Waals surface area contributed by atoms with Crippen molar-refractivity contribution in [2.24, 2.45) is 11.8 Å². The summed E-state index contributed by atoms with van der Waals surface area (Å²) in [4.78, 5) is 14.5. The Labute approximate surface area is 102 Å². The summed E-state index contributed by atoms with van der Waals surface area (Å²) in [5, 5.41) is 12.7. The van der Waals surface area contributed by atoms with Gasteiger partial charge in [-0.05, 0) is 38.0 Å². The van der Waals surface area contributed by atoms with Gasteiger partial charge in [0.15, 0.2) is 0 Å². The number of aliphatic hydroxyl groups excluding tert-OH is 1. The van der Waals surface area contributed by atoms with Crippen molar-refractivity contribution < 1.29 is 9.90 Å². The van der Waals surface area contributed by atoms with E-state index in [9.17, 15) is 9.90 Å². The summed E-state index contributed by atoms with van der Waals surface area (Å²) >= 11 is 0. The highest BCUT2D eigenvalue weighted by Gasteiger charge is 2.44. The summed E-state index contributed by atoms with van der Waals surface area (Å²) in [6.07, 6.45) is 5.55. The summed E-state index contributed by atoms with van der Waals surface area (Å²) in [6.45, 7) is 1.88. The number of aliphatic hydroxyl groups is 1. The van der Waals surface area contributed by atoms with Gasteiger partial charge in [-0.15, -0.1) is 0 Å². The van der Waals surface area contributed by atoms with Crippen LogP contribution in [0, 0.1) is 11.8 Å². The minimum absolute atomic E-state index is 0.214. The van der Waals surface area contributed by atoms with E-state index in [1.807, 2.05) is 4.90 Å². The maximum absolute atomic E-state index is 12.5. The fourth-order valence-electron chi connectivity index (χ4n) is 3.75. The average Bonchev–Trinajstić information content (AvgIpc) is 3.00. The second-order valence-corrected chi connectivity index (χ2v) is 5.86. The molecule has 1 amide bonds. The molecule has 0 radical (unpaired) electrons. The Kier molecular flexibility index (Phi) is 3.09. The fraction of sp³-hybridized carbons (Fsp3) is 0.923. The Morgan fingerprint density at radius 1 is 1.35 bits per heavy atom. The number of hydrogen-bond acceptors (Lipinski definition) is 3. The molecule has 2 bridgehead atoms. The first-order chi connectivity index (χ1) is 8.28. The zero-order valence-electron chi connectivity index (χ0n) is 10.3. The third kappa shape index (κ3) is 2.08. The predicted molar refractivity (Wildman–Crippen MR) is 64.4 cm³/mol. The molecule has 4 heteroatoms. The quantitative estimate of drug-likeness (QED) is 0.730. The molecule has 2 N–H and O–H groups in total. The molecule has 0 spiro atoms. The molecule has 3 fully saturated rings. The van der Waals surface area contributed by atoms with Gasteiger partial charge >= 0.3 is 0 Å². The number of hydrogen-bond donors (Lipinski definition) is 2. The molecule has 17 heavy (non-hydrogen) atoms. The Morgan fingerprint density at radius 3 is 2.88 bits per heavy atom. The standard InChI is InChI=1S/C13H22N2O2/c16-8-9-2-1-5-15(7-9)13(17)11-6-10-3-4-12(11)14-10/h9-12,14,16H,1-8H2. The van der Waals surface area contributed by atoms with Gasteiger partial charge in [-0.25, -0.2) is 0 Å². The largest absolute Gasteiger partial charge is 0.396 e. The lowest BCUT2D eigenvalue weighted by Gasteiger charge is -2.35. The third-order valence-electron chi connectivity index (χ3n) is 4.71. The Balaban J connectivity index is 1.62. The maximum Gasteiger partial charge on any atom is 0.227 e. The number of nitrogens with one attached hydrogen (secondary N) is 1. The van der Waals surface area contributed by atoms with Crippen LogP contribution in [0.3, 0.4) is 0 Å². The molecule has 3 saturated heterocycles. The van der Waals surface area contributed by atoms with Crippen LogP contribution in [-0.4, -0.2) is 47.7 Å². The van der Waals surface area contributed by atoms with Crippen LogP contribution in [0.4, 0.5) is 0 Å². The molecule has 3 aliphatic rings. The molecule has 0 aromatic heterocycles. The lowest BCUT2D eigenvalue weighted by atomic mass is 9.87. The van der Waals surface area contributed by atoms with Crippen LogP contribution in [0.1, 0.15) is 32.1 Å². The number of fused-ring (bicyclic) bond motifs is 2. The highest BCUT2D eigenvalue weighted by molar-refractivity contribution is 5.80. The average molecular weight is 238 g/mol. The van der Waals surface area contributed by atoms with Crippen molar-refractivity contribution in [3.8, 4) is 0 Å². The zero-order valence-corrected chi connectivity index (χ0v) is 10.3. The van der Waals surface area contributed by atoms with Crippen molar-refractivity contribution in [3.63, 3.8) is 0 Å². The number of nitrogens with zero attached hydrogens (tertiary/aromatic N) is 1.